The van der Waals surface area contributed by atoms with Gasteiger partial charge in [0.1, 0.15) is 24.2 Å². The average molecular weight is 491 g/mol. The Morgan fingerprint density at radius 2 is 1.72 bits per heavy atom. The fraction of sp³-hybridized carbons (Fsp3) is 0.357. The Labute approximate surface area is 210 Å². The zero-order chi connectivity index (χ0) is 24.9. The normalized spacial score (nSPS) is 21.4. The van der Waals surface area contributed by atoms with E-state index in [1.807, 2.05) is 54.6 Å². The number of hydrogen-bond acceptors (Lipinski definition) is 7. The summed E-state index contributed by atoms with van der Waals surface area (Å²) in [7, 11) is 1.30. The van der Waals surface area contributed by atoms with Gasteiger partial charge in [-0.25, -0.2) is 9.59 Å². The lowest BCUT2D eigenvalue weighted by molar-refractivity contribution is -0.0336. The summed E-state index contributed by atoms with van der Waals surface area (Å²) < 4.78 is 21.8. The van der Waals surface area contributed by atoms with E-state index in [4.69, 9.17) is 13.9 Å². The van der Waals surface area contributed by atoms with Crippen LogP contribution in [0.3, 0.4) is 0 Å². The van der Waals surface area contributed by atoms with Gasteiger partial charge in [-0.05, 0) is 67.2 Å². The Bertz CT molecular complexity index is 1170. The SMILES string of the molecule is COC(=O)c1ccc(COc2ccc(C(NC(=O)O[C@H]3CN4CCC3CC4)c3ccccc3)cc2)o1. The van der Waals surface area contributed by atoms with Crippen molar-refractivity contribution in [2.24, 2.45) is 5.92 Å². The lowest BCUT2D eigenvalue weighted by Crippen LogP contribution is -2.52. The van der Waals surface area contributed by atoms with Crippen LogP contribution in [0.2, 0.25) is 0 Å². The molecular formula is C28H30N2O6. The Morgan fingerprint density at radius 3 is 2.39 bits per heavy atom. The van der Waals surface area contributed by atoms with Crippen LogP contribution in [0.25, 0.3) is 0 Å². The van der Waals surface area contributed by atoms with Crippen molar-refractivity contribution in [2.75, 3.05) is 26.7 Å². The maximum absolute atomic E-state index is 12.9. The number of methoxy groups -OCH3 is 1. The molecule has 3 saturated heterocycles. The summed E-state index contributed by atoms with van der Waals surface area (Å²) in [6.07, 6.45) is 1.72. The number of esters is 1. The van der Waals surface area contributed by atoms with E-state index >= 15 is 0 Å². The highest BCUT2D eigenvalue weighted by Crippen LogP contribution is 2.30. The van der Waals surface area contributed by atoms with Crippen LogP contribution in [0, 0.1) is 5.92 Å². The highest BCUT2D eigenvalue weighted by atomic mass is 16.6. The van der Waals surface area contributed by atoms with Crippen molar-refractivity contribution in [3.05, 3.63) is 89.4 Å². The molecule has 8 nitrogen and oxygen atoms in total. The topological polar surface area (TPSA) is 90.2 Å². The molecule has 4 heterocycles. The number of hydrogen-bond donors (Lipinski definition) is 1. The second-order valence-corrected chi connectivity index (χ2v) is 9.19. The lowest BCUT2D eigenvalue weighted by Gasteiger charge is -2.43. The van der Waals surface area contributed by atoms with E-state index in [-0.39, 0.29) is 24.5 Å². The van der Waals surface area contributed by atoms with Gasteiger partial charge in [0.15, 0.2) is 0 Å². The second kappa shape index (κ2) is 10.9. The fourth-order valence-corrected chi connectivity index (χ4v) is 4.92. The Kier molecular flexibility index (Phi) is 7.23. The molecule has 188 valence electrons. The first-order valence-corrected chi connectivity index (χ1v) is 12.2. The van der Waals surface area contributed by atoms with Crippen LogP contribution in [0.1, 0.15) is 46.3 Å². The third kappa shape index (κ3) is 5.54. The molecule has 1 N–H and O–H groups in total. The Morgan fingerprint density at radius 1 is 1.00 bits per heavy atom. The highest BCUT2D eigenvalue weighted by Gasteiger charge is 2.36. The summed E-state index contributed by atoms with van der Waals surface area (Å²) in [6.45, 7) is 3.18. The number of fused-ring (bicyclic) bond motifs is 3. The van der Waals surface area contributed by atoms with E-state index < -0.39 is 12.1 Å². The van der Waals surface area contributed by atoms with E-state index in [0.29, 0.717) is 17.4 Å². The van der Waals surface area contributed by atoms with Crippen LogP contribution in [-0.4, -0.2) is 49.8 Å². The van der Waals surface area contributed by atoms with Gasteiger partial charge >= 0.3 is 12.1 Å². The Balaban J connectivity index is 1.24. The molecule has 1 aromatic heterocycles. The molecule has 2 aromatic carbocycles. The van der Waals surface area contributed by atoms with E-state index in [0.717, 1.165) is 43.6 Å². The van der Waals surface area contributed by atoms with E-state index in [9.17, 15) is 9.59 Å². The number of alkyl carbamates (subject to hydrolysis) is 1. The summed E-state index contributed by atoms with van der Waals surface area (Å²) in [6, 6.07) is 20.2. The van der Waals surface area contributed by atoms with Crippen LogP contribution in [-0.2, 0) is 16.1 Å². The summed E-state index contributed by atoms with van der Waals surface area (Å²) in [4.78, 5) is 26.8. The minimum Gasteiger partial charge on any atom is -0.486 e. The first-order chi connectivity index (χ1) is 17.6. The molecule has 1 unspecified atom stereocenters. The summed E-state index contributed by atoms with van der Waals surface area (Å²) in [5.41, 5.74) is 1.87. The predicted octanol–water partition coefficient (Wildman–Crippen LogP) is 4.56. The molecule has 6 rings (SSSR count). The minimum absolute atomic E-state index is 0.0546. The molecule has 0 aliphatic carbocycles. The van der Waals surface area contributed by atoms with Crippen molar-refractivity contribution in [3.8, 4) is 5.75 Å². The van der Waals surface area contributed by atoms with Crippen molar-refractivity contribution in [2.45, 2.75) is 31.6 Å². The quantitative estimate of drug-likeness (QED) is 0.463. The zero-order valence-corrected chi connectivity index (χ0v) is 20.2. The molecular weight excluding hydrogens is 460 g/mol. The van der Waals surface area contributed by atoms with Crippen LogP contribution in [0.5, 0.6) is 5.75 Å². The third-order valence-corrected chi connectivity index (χ3v) is 6.89. The number of ether oxygens (including phenoxy) is 3. The number of piperidine rings is 3. The van der Waals surface area contributed by atoms with Gasteiger partial charge in [0.05, 0.1) is 13.2 Å². The van der Waals surface area contributed by atoms with Crippen LogP contribution in [0.15, 0.2) is 71.1 Å². The number of benzene rings is 2. The van der Waals surface area contributed by atoms with Crippen molar-refractivity contribution in [3.63, 3.8) is 0 Å². The van der Waals surface area contributed by atoms with Crippen LogP contribution < -0.4 is 10.1 Å². The molecule has 3 aliphatic heterocycles. The molecule has 2 bridgehead atoms. The van der Waals surface area contributed by atoms with Gasteiger partial charge in [0.25, 0.3) is 0 Å². The molecule has 3 fully saturated rings. The smallest absolute Gasteiger partial charge is 0.408 e. The number of amides is 1. The van der Waals surface area contributed by atoms with Crippen molar-refractivity contribution in [1.29, 1.82) is 0 Å². The van der Waals surface area contributed by atoms with Crippen molar-refractivity contribution >= 4 is 12.1 Å². The van der Waals surface area contributed by atoms with E-state index in [2.05, 4.69) is 15.0 Å². The van der Waals surface area contributed by atoms with Gasteiger partial charge in [-0.3, -0.25) is 4.90 Å². The monoisotopic (exact) mass is 490 g/mol. The lowest BCUT2D eigenvalue weighted by atomic mass is 9.86. The number of carbonyl (C=O) groups is 2. The molecule has 0 spiro atoms. The molecule has 3 aromatic rings. The number of nitrogens with zero attached hydrogens (tertiary/aromatic N) is 1. The summed E-state index contributed by atoms with van der Waals surface area (Å²) in [5, 5.41) is 3.07. The highest BCUT2D eigenvalue weighted by molar-refractivity contribution is 5.86. The molecule has 1 amide bonds. The maximum atomic E-state index is 12.9. The summed E-state index contributed by atoms with van der Waals surface area (Å²) in [5.74, 6) is 1.20. The maximum Gasteiger partial charge on any atom is 0.408 e. The largest absolute Gasteiger partial charge is 0.486 e. The van der Waals surface area contributed by atoms with E-state index in [1.165, 1.54) is 7.11 Å². The molecule has 8 heteroatoms. The van der Waals surface area contributed by atoms with Gasteiger partial charge in [-0.15, -0.1) is 0 Å². The molecule has 0 saturated carbocycles. The Hall–Kier alpha value is -3.78. The van der Waals surface area contributed by atoms with E-state index in [1.54, 1.807) is 12.1 Å². The third-order valence-electron chi connectivity index (χ3n) is 6.89. The number of rotatable bonds is 8. The minimum atomic E-state index is -0.530. The van der Waals surface area contributed by atoms with Crippen molar-refractivity contribution < 1.29 is 28.2 Å². The van der Waals surface area contributed by atoms with Crippen molar-refractivity contribution in [1.82, 2.24) is 10.2 Å². The summed E-state index contributed by atoms with van der Waals surface area (Å²) >= 11 is 0. The predicted molar refractivity (Wildman–Crippen MR) is 132 cm³/mol. The first-order valence-electron chi connectivity index (χ1n) is 12.2. The molecule has 0 radical (unpaired) electrons. The fourth-order valence-electron chi connectivity index (χ4n) is 4.92. The van der Waals surface area contributed by atoms with Gasteiger partial charge < -0.3 is 23.9 Å². The number of nitrogens with one attached hydrogen (secondary N) is 1. The molecule has 3 aliphatic rings. The van der Waals surface area contributed by atoms with Gasteiger partial charge in [-0.1, -0.05) is 42.5 Å². The van der Waals surface area contributed by atoms with Crippen LogP contribution >= 0.6 is 0 Å². The van der Waals surface area contributed by atoms with Crippen LogP contribution in [0.4, 0.5) is 4.79 Å². The second-order valence-electron chi connectivity index (χ2n) is 9.19. The number of carbonyl (C=O) groups excluding carboxylic acids is 2. The molecule has 2 atom stereocenters. The standard InChI is InChI=1S/C28H30N2O6/c1-33-27(31)24-12-11-23(35-24)18-34-22-9-7-21(8-10-22)26(20-5-3-2-4-6-20)29-28(32)36-25-17-30-15-13-19(25)14-16-30/h2-12,19,25-26H,13-18H2,1H3,(H,29,32)/t25-,26?/m0/s1. The van der Waals surface area contributed by atoms with Gasteiger partial charge in [0, 0.05) is 6.54 Å². The van der Waals surface area contributed by atoms with Gasteiger partial charge in [-0.2, -0.15) is 0 Å². The number of furan rings is 1. The van der Waals surface area contributed by atoms with Gasteiger partial charge in [0.2, 0.25) is 5.76 Å². The first kappa shape index (κ1) is 23.9. The average Bonchev–Trinajstić information content (AvgIpc) is 3.41. The molecule has 36 heavy (non-hydrogen) atoms. The zero-order valence-electron chi connectivity index (χ0n) is 20.2.